The monoisotopic (exact) mass is 620 g/mol. The quantitative estimate of drug-likeness (QED) is 0.323. The van der Waals surface area contributed by atoms with E-state index in [2.05, 4.69) is 114 Å². The van der Waals surface area contributed by atoms with Crippen LogP contribution in [0.1, 0.15) is 44.1 Å². The molecule has 9 heteroatoms. The summed E-state index contributed by atoms with van der Waals surface area (Å²) in [5.74, 6) is 1.15. The van der Waals surface area contributed by atoms with Gasteiger partial charge in [0.15, 0.2) is 0 Å². The standard InChI is InChI=1S/C34H46N5O2S2/c1-35(2)21-22-36(3)33-23-26(29-15-9-10-16-30(29)39(33)27-13-7-5-8-14-27)24-34-37(4)31-18-17-28(25-32(31)42-34)43(40,41)38-19-11-6-12-20-38/h5,7-10,13-16,23-24,28,31-32H,6,11-12,17-22,25H2,1-4H3/q+1. The van der Waals surface area contributed by atoms with Crippen LogP contribution in [-0.2, 0) is 10.0 Å². The molecule has 6 rings (SSSR count). The van der Waals surface area contributed by atoms with Gasteiger partial charge in [-0.3, -0.25) is 4.90 Å². The van der Waals surface area contributed by atoms with Crippen LogP contribution in [0.25, 0.3) is 22.7 Å². The fourth-order valence-corrected chi connectivity index (χ4v) is 10.8. The zero-order valence-corrected chi connectivity index (χ0v) is 27.7. The lowest BCUT2D eigenvalue weighted by Crippen LogP contribution is -2.47. The molecule has 7 nitrogen and oxygen atoms in total. The van der Waals surface area contributed by atoms with Gasteiger partial charge in [0.2, 0.25) is 10.0 Å². The normalized spacial score (nSPS) is 24.2. The van der Waals surface area contributed by atoms with Crippen molar-refractivity contribution >= 4 is 44.6 Å². The van der Waals surface area contributed by atoms with Crippen LogP contribution in [0.5, 0.6) is 0 Å². The molecule has 0 radical (unpaired) electrons. The van der Waals surface area contributed by atoms with Gasteiger partial charge in [-0.1, -0.05) is 42.8 Å². The molecule has 3 unspecified atom stereocenters. The van der Waals surface area contributed by atoms with E-state index < -0.39 is 10.0 Å². The van der Waals surface area contributed by atoms with Gasteiger partial charge in [-0.05, 0) is 76.0 Å². The summed E-state index contributed by atoms with van der Waals surface area (Å²) >= 11 is 1.88. The molecular weight excluding hydrogens is 575 g/mol. The third-order valence-corrected chi connectivity index (χ3v) is 13.3. The first-order chi connectivity index (χ1) is 20.7. The number of hydrogen-bond donors (Lipinski definition) is 0. The maximum atomic E-state index is 13.6. The van der Waals surface area contributed by atoms with E-state index in [-0.39, 0.29) is 5.25 Å². The molecule has 0 N–H and O–H groups in total. The van der Waals surface area contributed by atoms with Gasteiger partial charge in [-0.2, -0.15) is 4.57 Å². The van der Waals surface area contributed by atoms with Crippen LogP contribution >= 0.6 is 11.8 Å². The Bertz CT molecular complexity index is 1570. The highest BCUT2D eigenvalue weighted by Crippen LogP contribution is 2.47. The Kier molecular flexibility index (Phi) is 9.06. The summed E-state index contributed by atoms with van der Waals surface area (Å²) in [6, 6.07) is 22.0. The Morgan fingerprint density at radius 1 is 0.953 bits per heavy atom. The first kappa shape index (κ1) is 30.4. The molecule has 230 valence electrons. The van der Waals surface area contributed by atoms with E-state index in [0.717, 1.165) is 63.1 Å². The van der Waals surface area contributed by atoms with Crippen molar-refractivity contribution in [2.45, 2.75) is 55.1 Å². The summed E-state index contributed by atoms with van der Waals surface area (Å²) in [4.78, 5) is 6.99. The Hall–Kier alpha value is -2.59. The molecule has 0 spiro atoms. The molecule has 2 saturated heterocycles. The Balaban J connectivity index is 1.35. The Labute approximate surface area is 262 Å². The topological polar surface area (TPSA) is 51.0 Å². The fraction of sp³-hybridized carbons (Fsp3) is 0.500. The number of benzene rings is 2. The molecule has 3 heterocycles. The van der Waals surface area contributed by atoms with Crippen molar-refractivity contribution in [1.82, 2.24) is 14.1 Å². The van der Waals surface area contributed by atoms with Gasteiger partial charge in [0.25, 0.3) is 5.82 Å². The molecule has 3 fully saturated rings. The molecule has 2 aliphatic heterocycles. The summed E-state index contributed by atoms with van der Waals surface area (Å²) in [5.41, 5.74) is 3.51. The first-order valence-corrected chi connectivity index (χ1v) is 18.1. The largest absolute Gasteiger partial charge is 0.365 e. The number of nitrogens with zero attached hydrogens (tertiary/aromatic N) is 5. The average Bonchev–Trinajstić information content (AvgIpc) is 3.34. The second kappa shape index (κ2) is 12.8. The summed E-state index contributed by atoms with van der Waals surface area (Å²) in [6.07, 6.45) is 7.88. The molecule has 3 aliphatic rings. The van der Waals surface area contributed by atoms with Gasteiger partial charge < -0.3 is 9.80 Å². The lowest BCUT2D eigenvalue weighted by Gasteiger charge is -2.36. The minimum atomic E-state index is -3.23. The highest BCUT2D eigenvalue weighted by molar-refractivity contribution is 8.04. The summed E-state index contributed by atoms with van der Waals surface area (Å²) in [5, 5.41) is 2.47. The van der Waals surface area contributed by atoms with E-state index >= 15 is 0 Å². The van der Waals surface area contributed by atoms with Crippen LogP contribution in [0, 0.1) is 0 Å². The van der Waals surface area contributed by atoms with Crippen molar-refractivity contribution in [2.75, 3.05) is 59.3 Å². The molecule has 3 aromatic rings. The van der Waals surface area contributed by atoms with Gasteiger partial charge in [-0.15, -0.1) is 11.8 Å². The maximum Gasteiger partial charge on any atom is 0.282 e. The number of sulfonamides is 1. The number of pyridine rings is 1. The second-order valence-corrected chi connectivity index (χ2v) is 16.1. The van der Waals surface area contributed by atoms with Crippen LogP contribution in [0.15, 0.2) is 65.7 Å². The van der Waals surface area contributed by atoms with E-state index in [0.29, 0.717) is 24.4 Å². The van der Waals surface area contributed by atoms with Crippen molar-refractivity contribution in [3.8, 4) is 5.69 Å². The first-order valence-electron chi connectivity index (χ1n) is 15.7. The molecule has 1 aromatic heterocycles. The third kappa shape index (κ3) is 6.19. The minimum Gasteiger partial charge on any atom is -0.365 e. The highest BCUT2D eigenvalue weighted by Gasteiger charge is 2.45. The van der Waals surface area contributed by atoms with E-state index in [9.17, 15) is 8.42 Å². The van der Waals surface area contributed by atoms with E-state index in [1.807, 2.05) is 11.8 Å². The number of aromatic nitrogens is 1. The van der Waals surface area contributed by atoms with Crippen molar-refractivity contribution in [1.29, 1.82) is 0 Å². The lowest BCUT2D eigenvalue weighted by molar-refractivity contribution is -0.553. The van der Waals surface area contributed by atoms with Crippen LogP contribution in [0.4, 0.5) is 5.82 Å². The highest BCUT2D eigenvalue weighted by atomic mass is 32.2. The summed E-state index contributed by atoms with van der Waals surface area (Å²) < 4.78 is 31.3. The van der Waals surface area contributed by atoms with Crippen molar-refractivity contribution < 1.29 is 13.0 Å². The van der Waals surface area contributed by atoms with Gasteiger partial charge in [0.05, 0.1) is 23.9 Å². The molecule has 1 saturated carbocycles. The third-order valence-electron chi connectivity index (χ3n) is 9.46. The van der Waals surface area contributed by atoms with Crippen LogP contribution in [-0.4, -0.2) is 93.4 Å². The molecular formula is C34H46N5O2S2+. The lowest BCUT2D eigenvalue weighted by atomic mass is 9.93. The fourth-order valence-electron chi connectivity index (χ4n) is 6.95. The number of rotatable bonds is 8. The van der Waals surface area contributed by atoms with Crippen molar-refractivity contribution in [3.05, 3.63) is 71.3 Å². The number of likely N-dealkylation sites (N-methyl/N-ethyl adjacent to an activating group) is 2. The number of piperidine rings is 1. The molecule has 43 heavy (non-hydrogen) atoms. The Morgan fingerprint density at radius 3 is 2.42 bits per heavy atom. The van der Waals surface area contributed by atoms with E-state index in [4.69, 9.17) is 0 Å². The maximum absolute atomic E-state index is 13.6. The summed E-state index contributed by atoms with van der Waals surface area (Å²) in [6.45, 7) is 3.25. The van der Waals surface area contributed by atoms with E-state index in [1.165, 1.54) is 21.5 Å². The van der Waals surface area contributed by atoms with Crippen LogP contribution < -0.4 is 9.47 Å². The molecule has 3 atom stereocenters. The number of anilines is 1. The van der Waals surface area contributed by atoms with Gasteiger partial charge in [0.1, 0.15) is 11.2 Å². The van der Waals surface area contributed by atoms with Crippen LogP contribution in [0.2, 0.25) is 0 Å². The second-order valence-electron chi connectivity index (χ2n) is 12.6. The molecule has 1 aliphatic carbocycles. The molecule has 2 aromatic carbocycles. The number of fused-ring (bicyclic) bond motifs is 2. The summed E-state index contributed by atoms with van der Waals surface area (Å²) in [7, 11) is 5.37. The van der Waals surface area contributed by atoms with Gasteiger partial charge in [0, 0.05) is 49.4 Å². The smallest absolute Gasteiger partial charge is 0.282 e. The zero-order valence-electron chi connectivity index (χ0n) is 26.0. The predicted molar refractivity (Wildman–Crippen MR) is 180 cm³/mol. The zero-order chi connectivity index (χ0) is 30.1. The van der Waals surface area contributed by atoms with E-state index in [1.54, 1.807) is 4.31 Å². The number of thioether (sulfide) groups is 1. The van der Waals surface area contributed by atoms with Crippen LogP contribution in [0.3, 0.4) is 0 Å². The Morgan fingerprint density at radius 2 is 1.67 bits per heavy atom. The SMILES string of the molecule is CN(C)CCN(C)c1cc(/C=C2\SC3CC(S(=O)(=O)N4CCCCC4)CCC3N2C)c2ccccc2[n+]1-c1ccccc1. The molecule has 0 amide bonds. The van der Waals surface area contributed by atoms with Crippen molar-refractivity contribution in [2.24, 2.45) is 0 Å². The number of hydrogen-bond acceptors (Lipinski definition) is 6. The van der Waals surface area contributed by atoms with Gasteiger partial charge in [-0.25, -0.2) is 12.7 Å². The molecule has 0 bridgehead atoms. The minimum absolute atomic E-state index is 0.258. The average molecular weight is 621 g/mol. The van der Waals surface area contributed by atoms with Crippen molar-refractivity contribution in [3.63, 3.8) is 0 Å². The predicted octanol–water partition coefficient (Wildman–Crippen LogP) is 5.20. The van der Waals surface area contributed by atoms with Gasteiger partial charge >= 0.3 is 0 Å². The number of para-hydroxylation sites is 2.